The Labute approximate surface area is 166 Å². The van der Waals surface area contributed by atoms with Gasteiger partial charge in [0.1, 0.15) is 0 Å². The Bertz CT molecular complexity index is 846. The highest BCUT2D eigenvalue weighted by atomic mass is 32.1. The van der Waals surface area contributed by atoms with Gasteiger partial charge in [0.15, 0.2) is 16.6 Å². The predicted octanol–water partition coefficient (Wildman–Crippen LogP) is 5.17. The minimum atomic E-state index is 0.303. The van der Waals surface area contributed by atoms with E-state index in [0.717, 1.165) is 28.8 Å². The van der Waals surface area contributed by atoms with Crippen molar-refractivity contribution in [2.24, 2.45) is 0 Å². The minimum Gasteiger partial charge on any atom is -0.454 e. The van der Waals surface area contributed by atoms with E-state index in [9.17, 15) is 0 Å². The Morgan fingerprint density at radius 1 is 1.11 bits per heavy atom. The third kappa shape index (κ3) is 3.88. The number of hydrogen-bond donors (Lipinski definition) is 1. The van der Waals surface area contributed by atoms with Gasteiger partial charge in [0.05, 0.1) is 0 Å². The van der Waals surface area contributed by atoms with Crippen molar-refractivity contribution in [3.63, 3.8) is 0 Å². The van der Waals surface area contributed by atoms with Crippen LogP contribution in [0.3, 0.4) is 0 Å². The molecule has 0 radical (unpaired) electrons. The maximum atomic E-state index is 5.85. The van der Waals surface area contributed by atoms with Gasteiger partial charge in [-0.3, -0.25) is 0 Å². The van der Waals surface area contributed by atoms with Gasteiger partial charge in [0, 0.05) is 18.3 Å². The normalized spacial score (nSPS) is 15.8. The van der Waals surface area contributed by atoms with E-state index >= 15 is 0 Å². The maximum Gasteiger partial charge on any atom is 0.231 e. The van der Waals surface area contributed by atoms with Crippen LogP contribution in [0.4, 0.5) is 5.69 Å². The molecule has 5 heteroatoms. The van der Waals surface area contributed by atoms with E-state index in [1.165, 1.54) is 42.4 Å². The zero-order valence-corrected chi connectivity index (χ0v) is 16.8. The van der Waals surface area contributed by atoms with Gasteiger partial charge >= 0.3 is 0 Å². The number of fused-ring (bicyclic) bond motifs is 1. The first-order chi connectivity index (χ1) is 13.1. The molecular weight excluding hydrogens is 356 g/mol. The van der Waals surface area contributed by atoms with Crippen LogP contribution in [-0.4, -0.2) is 22.8 Å². The van der Waals surface area contributed by atoms with Crippen LogP contribution in [0.2, 0.25) is 0 Å². The molecule has 0 bridgehead atoms. The summed E-state index contributed by atoms with van der Waals surface area (Å²) in [6.45, 7) is 5.35. The fourth-order valence-corrected chi connectivity index (χ4v) is 4.22. The number of ether oxygens (including phenoxy) is 2. The smallest absolute Gasteiger partial charge is 0.231 e. The summed E-state index contributed by atoms with van der Waals surface area (Å²) in [5, 5.41) is 4.30. The molecule has 1 saturated carbocycles. The molecule has 1 fully saturated rings. The standard InChI is InChI=1S/C22H26N2O2S/c1-15-6-5-9-19(16(15)2)23-22(27)24(18-7-3-4-8-18)13-17-10-11-20-21(12-17)26-14-25-20/h5-6,9-12,18H,3-4,7-8,13-14H2,1-2H3,(H,23,27). The third-order valence-electron chi connectivity index (χ3n) is 5.66. The fourth-order valence-electron chi connectivity index (χ4n) is 3.89. The van der Waals surface area contributed by atoms with E-state index < -0.39 is 0 Å². The van der Waals surface area contributed by atoms with Crippen LogP contribution >= 0.6 is 12.2 Å². The highest BCUT2D eigenvalue weighted by Crippen LogP contribution is 2.34. The van der Waals surface area contributed by atoms with Gasteiger partial charge in [-0.15, -0.1) is 0 Å². The van der Waals surface area contributed by atoms with Crippen molar-refractivity contribution in [1.82, 2.24) is 4.90 Å². The van der Waals surface area contributed by atoms with Crippen molar-refractivity contribution in [2.75, 3.05) is 12.1 Å². The van der Waals surface area contributed by atoms with Crippen molar-refractivity contribution in [3.05, 3.63) is 53.1 Å². The quantitative estimate of drug-likeness (QED) is 0.738. The Balaban J connectivity index is 1.55. The Hall–Kier alpha value is -2.27. The summed E-state index contributed by atoms with van der Waals surface area (Å²) in [6, 6.07) is 13.0. The van der Waals surface area contributed by atoms with Crippen LogP contribution in [0, 0.1) is 13.8 Å². The summed E-state index contributed by atoms with van der Waals surface area (Å²) in [6.07, 6.45) is 4.93. The van der Waals surface area contributed by atoms with Gasteiger partial charge < -0.3 is 19.7 Å². The van der Waals surface area contributed by atoms with E-state index in [2.05, 4.69) is 54.4 Å². The fraction of sp³-hybridized carbons (Fsp3) is 0.409. The van der Waals surface area contributed by atoms with E-state index in [-0.39, 0.29) is 0 Å². The lowest BCUT2D eigenvalue weighted by Gasteiger charge is -2.32. The molecule has 2 aliphatic rings. The first-order valence-corrected chi connectivity index (χ1v) is 10.0. The molecule has 0 atom stereocenters. The van der Waals surface area contributed by atoms with Crippen LogP contribution in [0.15, 0.2) is 36.4 Å². The largest absolute Gasteiger partial charge is 0.454 e. The van der Waals surface area contributed by atoms with Gasteiger partial charge in [-0.05, 0) is 73.8 Å². The van der Waals surface area contributed by atoms with Gasteiger partial charge in [-0.2, -0.15) is 0 Å². The zero-order valence-electron chi connectivity index (χ0n) is 16.0. The second-order valence-electron chi connectivity index (χ2n) is 7.43. The SMILES string of the molecule is Cc1cccc(NC(=S)N(Cc2ccc3c(c2)OCO3)C2CCCC2)c1C. The van der Waals surface area contributed by atoms with Gasteiger partial charge in [0.25, 0.3) is 0 Å². The molecule has 1 aliphatic heterocycles. The van der Waals surface area contributed by atoms with Crippen LogP contribution in [0.5, 0.6) is 11.5 Å². The Kier molecular flexibility index (Phi) is 5.21. The van der Waals surface area contributed by atoms with Crippen LogP contribution < -0.4 is 14.8 Å². The summed E-state index contributed by atoms with van der Waals surface area (Å²) in [7, 11) is 0. The van der Waals surface area contributed by atoms with Crippen molar-refractivity contribution in [3.8, 4) is 11.5 Å². The first kappa shape index (κ1) is 18.1. The second kappa shape index (κ2) is 7.77. The van der Waals surface area contributed by atoms with E-state index in [0.29, 0.717) is 12.8 Å². The summed E-state index contributed by atoms with van der Waals surface area (Å²) in [5.41, 5.74) is 4.80. The number of aryl methyl sites for hydroxylation is 1. The summed E-state index contributed by atoms with van der Waals surface area (Å²) >= 11 is 5.85. The monoisotopic (exact) mass is 382 g/mol. The lowest BCUT2D eigenvalue weighted by molar-refractivity contribution is 0.174. The van der Waals surface area contributed by atoms with Crippen molar-refractivity contribution < 1.29 is 9.47 Å². The van der Waals surface area contributed by atoms with Crippen LogP contribution in [0.1, 0.15) is 42.4 Å². The van der Waals surface area contributed by atoms with Gasteiger partial charge in [0.2, 0.25) is 6.79 Å². The molecule has 1 N–H and O–H groups in total. The molecule has 4 rings (SSSR count). The van der Waals surface area contributed by atoms with Crippen LogP contribution in [-0.2, 0) is 6.54 Å². The molecule has 0 amide bonds. The van der Waals surface area contributed by atoms with E-state index in [1.54, 1.807) is 0 Å². The first-order valence-electron chi connectivity index (χ1n) is 9.64. The van der Waals surface area contributed by atoms with Crippen molar-refractivity contribution in [2.45, 2.75) is 52.1 Å². The number of hydrogen-bond acceptors (Lipinski definition) is 3. The molecule has 0 saturated heterocycles. The average Bonchev–Trinajstić information content (AvgIpc) is 3.34. The van der Waals surface area contributed by atoms with E-state index in [4.69, 9.17) is 21.7 Å². The Morgan fingerprint density at radius 2 is 1.89 bits per heavy atom. The molecular formula is C22H26N2O2S. The summed E-state index contributed by atoms with van der Waals surface area (Å²) in [4.78, 5) is 2.35. The highest BCUT2D eigenvalue weighted by molar-refractivity contribution is 7.80. The highest BCUT2D eigenvalue weighted by Gasteiger charge is 2.26. The minimum absolute atomic E-state index is 0.303. The van der Waals surface area contributed by atoms with Crippen molar-refractivity contribution >= 4 is 23.0 Å². The van der Waals surface area contributed by atoms with Crippen LogP contribution in [0.25, 0.3) is 0 Å². The molecule has 2 aromatic carbocycles. The Morgan fingerprint density at radius 3 is 2.70 bits per heavy atom. The van der Waals surface area contributed by atoms with Gasteiger partial charge in [-0.1, -0.05) is 31.0 Å². The van der Waals surface area contributed by atoms with Gasteiger partial charge in [-0.25, -0.2) is 0 Å². The van der Waals surface area contributed by atoms with E-state index in [1.807, 2.05) is 6.07 Å². The predicted molar refractivity (Wildman–Crippen MR) is 113 cm³/mol. The summed E-state index contributed by atoms with van der Waals surface area (Å²) in [5.74, 6) is 1.65. The topological polar surface area (TPSA) is 33.7 Å². The second-order valence-corrected chi connectivity index (χ2v) is 7.82. The molecule has 1 aliphatic carbocycles. The molecule has 2 aromatic rings. The number of nitrogens with one attached hydrogen (secondary N) is 1. The summed E-state index contributed by atoms with van der Waals surface area (Å²) < 4.78 is 11.0. The molecule has 0 aromatic heterocycles. The molecule has 0 unspecified atom stereocenters. The maximum absolute atomic E-state index is 5.85. The lowest BCUT2D eigenvalue weighted by Crippen LogP contribution is -2.41. The van der Waals surface area contributed by atoms with Crippen molar-refractivity contribution in [1.29, 1.82) is 0 Å². The average molecular weight is 383 g/mol. The molecule has 0 spiro atoms. The third-order valence-corrected chi connectivity index (χ3v) is 6.00. The molecule has 142 valence electrons. The molecule has 1 heterocycles. The zero-order chi connectivity index (χ0) is 18.8. The number of anilines is 1. The number of nitrogens with zero attached hydrogens (tertiary/aromatic N) is 1. The number of benzene rings is 2. The molecule has 4 nitrogen and oxygen atoms in total. The number of thiocarbonyl (C=S) groups is 1. The number of rotatable bonds is 4. The molecule has 27 heavy (non-hydrogen) atoms. The lowest BCUT2D eigenvalue weighted by atomic mass is 10.1.